The van der Waals surface area contributed by atoms with Crippen LogP contribution in [0.5, 0.6) is 11.5 Å². The summed E-state index contributed by atoms with van der Waals surface area (Å²) in [7, 11) is 3.06. The number of halogens is 1. The molecule has 0 saturated carbocycles. The van der Waals surface area contributed by atoms with E-state index in [1.807, 2.05) is 0 Å². The van der Waals surface area contributed by atoms with Crippen LogP contribution in [0.25, 0.3) is 6.08 Å². The molecule has 0 unspecified atom stereocenters. The van der Waals surface area contributed by atoms with Gasteiger partial charge in [-0.1, -0.05) is 12.1 Å². The van der Waals surface area contributed by atoms with Gasteiger partial charge in [0, 0.05) is 20.3 Å². The maximum Gasteiger partial charge on any atom is 0.335 e. The van der Waals surface area contributed by atoms with Crippen LogP contribution < -0.4 is 9.47 Å². The van der Waals surface area contributed by atoms with Crippen LogP contribution in [0.2, 0.25) is 0 Å². The highest BCUT2D eigenvalue weighted by molar-refractivity contribution is 9.10. The van der Waals surface area contributed by atoms with Crippen molar-refractivity contribution in [2.24, 2.45) is 0 Å². The number of hydrogen-bond acceptors (Lipinski definition) is 7. The number of aromatic carboxylic acids is 1. The van der Waals surface area contributed by atoms with Crippen molar-refractivity contribution >= 4 is 50.9 Å². The topological polar surface area (TPSA) is 102 Å². The summed E-state index contributed by atoms with van der Waals surface area (Å²) in [6, 6.07) is 9.93. The normalized spacial score (nSPS) is 14.8. The molecule has 2 amide bonds. The lowest BCUT2D eigenvalue weighted by Gasteiger charge is -2.14. The molecule has 1 aliphatic heterocycles. The summed E-state index contributed by atoms with van der Waals surface area (Å²) in [6.45, 7) is 0.904. The lowest BCUT2D eigenvalue weighted by Crippen LogP contribution is -2.29. The van der Waals surface area contributed by atoms with E-state index in [0.29, 0.717) is 51.6 Å². The van der Waals surface area contributed by atoms with Crippen LogP contribution in [0.4, 0.5) is 4.79 Å². The Morgan fingerprint density at radius 1 is 1.21 bits per heavy atom. The van der Waals surface area contributed by atoms with Gasteiger partial charge in [-0.3, -0.25) is 14.5 Å². The number of hydrogen-bond donors (Lipinski definition) is 1. The SMILES string of the molecule is COCCCN1C(=O)S/C(=C/c2cc(Br)c(OCc3cccc(C(=O)O)c3)c(OC)c2)C1=O. The number of carbonyl (C=O) groups is 3. The number of ether oxygens (including phenoxy) is 3. The third kappa shape index (κ3) is 6.16. The second-order valence-electron chi connectivity index (χ2n) is 7.01. The summed E-state index contributed by atoms with van der Waals surface area (Å²) in [4.78, 5) is 37.5. The van der Waals surface area contributed by atoms with E-state index in [9.17, 15) is 14.4 Å². The number of imide groups is 1. The van der Waals surface area contributed by atoms with Gasteiger partial charge in [-0.05, 0) is 75.6 Å². The average molecular weight is 536 g/mol. The molecular weight excluding hydrogens is 514 g/mol. The highest BCUT2D eigenvalue weighted by Crippen LogP contribution is 2.39. The van der Waals surface area contributed by atoms with Crippen molar-refractivity contribution in [2.75, 3.05) is 27.4 Å². The smallest absolute Gasteiger partial charge is 0.335 e. The number of methoxy groups -OCH3 is 2. The van der Waals surface area contributed by atoms with Crippen LogP contribution in [0.3, 0.4) is 0 Å². The molecule has 0 bridgehead atoms. The predicted octanol–water partition coefficient (Wildman–Crippen LogP) is 4.81. The summed E-state index contributed by atoms with van der Waals surface area (Å²) >= 11 is 4.36. The van der Waals surface area contributed by atoms with Gasteiger partial charge in [-0.25, -0.2) is 4.79 Å². The quantitative estimate of drug-likeness (QED) is 0.341. The number of carboxylic acid groups (broad SMARTS) is 1. The van der Waals surface area contributed by atoms with Crippen molar-refractivity contribution in [3.63, 3.8) is 0 Å². The first-order chi connectivity index (χ1) is 15.8. The molecule has 0 aliphatic carbocycles. The van der Waals surface area contributed by atoms with E-state index >= 15 is 0 Å². The van der Waals surface area contributed by atoms with Gasteiger partial charge in [0.1, 0.15) is 6.61 Å². The molecular formula is C23H22BrNO7S. The Morgan fingerprint density at radius 3 is 2.70 bits per heavy atom. The van der Waals surface area contributed by atoms with Crippen molar-refractivity contribution in [1.82, 2.24) is 4.90 Å². The zero-order chi connectivity index (χ0) is 24.0. The Morgan fingerprint density at radius 2 is 2.00 bits per heavy atom. The highest BCUT2D eigenvalue weighted by atomic mass is 79.9. The molecule has 1 aliphatic rings. The van der Waals surface area contributed by atoms with Gasteiger partial charge in [-0.2, -0.15) is 0 Å². The summed E-state index contributed by atoms with van der Waals surface area (Å²) in [5, 5.41) is 8.84. The van der Waals surface area contributed by atoms with Gasteiger partial charge in [0.25, 0.3) is 11.1 Å². The molecule has 3 rings (SSSR count). The summed E-state index contributed by atoms with van der Waals surface area (Å²) in [5.74, 6) is -0.495. The van der Waals surface area contributed by atoms with Crippen molar-refractivity contribution in [3.05, 3.63) is 62.5 Å². The fourth-order valence-electron chi connectivity index (χ4n) is 3.12. The van der Waals surface area contributed by atoms with E-state index in [0.717, 1.165) is 11.8 Å². The zero-order valence-electron chi connectivity index (χ0n) is 18.0. The number of carboxylic acids is 1. The van der Waals surface area contributed by atoms with E-state index in [1.54, 1.807) is 43.5 Å². The average Bonchev–Trinajstić information content (AvgIpc) is 3.05. The zero-order valence-corrected chi connectivity index (χ0v) is 20.4. The minimum absolute atomic E-state index is 0.135. The molecule has 1 saturated heterocycles. The van der Waals surface area contributed by atoms with Crippen LogP contribution in [-0.4, -0.2) is 54.5 Å². The molecule has 1 heterocycles. The number of amides is 2. The molecule has 0 spiro atoms. The van der Waals surface area contributed by atoms with Crippen molar-refractivity contribution < 1.29 is 33.7 Å². The Bertz CT molecular complexity index is 1100. The lowest BCUT2D eigenvalue weighted by molar-refractivity contribution is -0.122. The van der Waals surface area contributed by atoms with Crippen LogP contribution in [0.1, 0.15) is 27.9 Å². The first kappa shape index (κ1) is 24.8. The van der Waals surface area contributed by atoms with Crippen LogP contribution in [-0.2, 0) is 16.1 Å². The molecule has 8 nitrogen and oxygen atoms in total. The van der Waals surface area contributed by atoms with E-state index < -0.39 is 5.97 Å². The molecule has 2 aromatic rings. The monoisotopic (exact) mass is 535 g/mol. The Balaban J connectivity index is 1.78. The largest absolute Gasteiger partial charge is 0.493 e. The maximum absolute atomic E-state index is 12.6. The third-order valence-corrected chi connectivity index (χ3v) is 6.21. The molecule has 10 heteroatoms. The Kier molecular flexibility index (Phi) is 8.54. The number of carbonyl (C=O) groups excluding carboxylic acids is 2. The van der Waals surface area contributed by atoms with E-state index in [1.165, 1.54) is 18.1 Å². The molecule has 174 valence electrons. The van der Waals surface area contributed by atoms with Gasteiger partial charge in [0.15, 0.2) is 11.5 Å². The maximum atomic E-state index is 12.6. The molecule has 0 atom stereocenters. The van der Waals surface area contributed by atoms with Gasteiger partial charge in [-0.15, -0.1) is 0 Å². The summed E-state index contributed by atoms with van der Waals surface area (Å²) in [6.07, 6.45) is 2.21. The Hall–Kier alpha value is -2.82. The fraction of sp³-hybridized carbons (Fsp3) is 0.261. The van der Waals surface area contributed by atoms with Crippen LogP contribution in [0.15, 0.2) is 45.8 Å². The first-order valence-corrected chi connectivity index (χ1v) is 11.5. The number of benzene rings is 2. The van der Waals surface area contributed by atoms with E-state index in [2.05, 4.69) is 15.9 Å². The van der Waals surface area contributed by atoms with Gasteiger partial charge >= 0.3 is 5.97 Å². The highest BCUT2D eigenvalue weighted by Gasteiger charge is 2.34. The second-order valence-corrected chi connectivity index (χ2v) is 8.86. The number of nitrogens with zero attached hydrogens (tertiary/aromatic N) is 1. The van der Waals surface area contributed by atoms with Crippen molar-refractivity contribution in [3.8, 4) is 11.5 Å². The van der Waals surface area contributed by atoms with E-state index in [-0.39, 0.29) is 23.3 Å². The molecule has 1 N–H and O–H groups in total. The molecule has 1 fully saturated rings. The third-order valence-electron chi connectivity index (χ3n) is 4.71. The van der Waals surface area contributed by atoms with Crippen LogP contribution >= 0.6 is 27.7 Å². The first-order valence-electron chi connectivity index (χ1n) is 9.91. The molecule has 0 aromatic heterocycles. The number of thioether (sulfide) groups is 1. The second kappa shape index (κ2) is 11.4. The standard InChI is InChI=1S/C23H22BrNO7S/c1-30-8-4-7-25-21(26)19(33-23(25)29)12-15-10-17(24)20(18(11-15)31-2)32-13-14-5-3-6-16(9-14)22(27)28/h3,5-6,9-12H,4,7-8,13H2,1-2H3,(H,27,28)/b19-12+. The summed E-state index contributed by atoms with van der Waals surface area (Å²) < 4.78 is 16.9. The lowest BCUT2D eigenvalue weighted by atomic mass is 10.1. The molecule has 33 heavy (non-hydrogen) atoms. The van der Waals surface area contributed by atoms with E-state index in [4.69, 9.17) is 19.3 Å². The van der Waals surface area contributed by atoms with Crippen LogP contribution in [0, 0.1) is 0 Å². The minimum Gasteiger partial charge on any atom is -0.493 e. The van der Waals surface area contributed by atoms with Gasteiger partial charge < -0.3 is 19.3 Å². The van der Waals surface area contributed by atoms with Gasteiger partial charge in [0.2, 0.25) is 0 Å². The molecule has 2 aromatic carbocycles. The minimum atomic E-state index is -1.01. The molecule has 0 radical (unpaired) electrons. The van der Waals surface area contributed by atoms with Gasteiger partial charge in [0.05, 0.1) is 22.1 Å². The Labute approximate surface area is 203 Å². The summed E-state index contributed by atoms with van der Waals surface area (Å²) in [5.41, 5.74) is 1.52. The number of rotatable bonds is 10. The van der Waals surface area contributed by atoms with Crippen molar-refractivity contribution in [1.29, 1.82) is 0 Å². The van der Waals surface area contributed by atoms with Crippen molar-refractivity contribution in [2.45, 2.75) is 13.0 Å². The predicted molar refractivity (Wildman–Crippen MR) is 128 cm³/mol. The fourth-order valence-corrected chi connectivity index (χ4v) is 4.56.